The van der Waals surface area contributed by atoms with Crippen LogP contribution in [0.3, 0.4) is 0 Å². The van der Waals surface area contributed by atoms with Gasteiger partial charge in [0, 0.05) is 40.4 Å². The van der Waals surface area contributed by atoms with Gasteiger partial charge in [-0.2, -0.15) is 0 Å². The molecule has 0 aromatic heterocycles. The van der Waals surface area contributed by atoms with Crippen molar-refractivity contribution in [2.75, 3.05) is 66.7 Å². The first-order chi connectivity index (χ1) is 11.8. The lowest BCUT2D eigenvalue weighted by Crippen LogP contribution is -2.39. The monoisotopic (exact) mass is 342 g/mol. The standard InChI is InChI=1S/C18H38N4O2/c1-17-8-6-12-22(16-17)11-5-4-9-20-18(19-2)21-10-7-13-24-15-14-23-3/h17H,4-16H2,1-3H3,(H2,19,20,21). The third-order valence-electron chi connectivity index (χ3n) is 4.35. The SMILES string of the molecule is CN=C(NCCCCN1CCCC(C)C1)NCCCOCCOC. The van der Waals surface area contributed by atoms with E-state index < -0.39 is 0 Å². The number of rotatable bonds is 12. The molecule has 2 N–H and O–H groups in total. The van der Waals surface area contributed by atoms with Crippen molar-refractivity contribution in [3.8, 4) is 0 Å². The predicted octanol–water partition coefficient (Wildman–Crippen LogP) is 1.72. The molecule has 0 amide bonds. The summed E-state index contributed by atoms with van der Waals surface area (Å²) < 4.78 is 10.4. The molecule has 1 unspecified atom stereocenters. The van der Waals surface area contributed by atoms with Gasteiger partial charge in [0.2, 0.25) is 0 Å². The number of guanidine groups is 1. The zero-order valence-corrected chi connectivity index (χ0v) is 16.0. The van der Waals surface area contributed by atoms with Crippen molar-refractivity contribution in [1.29, 1.82) is 0 Å². The number of nitrogens with one attached hydrogen (secondary N) is 2. The number of ether oxygens (including phenoxy) is 2. The fraction of sp³-hybridized carbons (Fsp3) is 0.944. The molecular formula is C18H38N4O2. The minimum Gasteiger partial charge on any atom is -0.382 e. The first-order valence-electron chi connectivity index (χ1n) is 9.49. The number of likely N-dealkylation sites (tertiary alicyclic amines) is 1. The van der Waals surface area contributed by atoms with Crippen molar-refractivity contribution in [3.05, 3.63) is 0 Å². The van der Waals surface area contributed by atoms with Crippen LogP contribution < -0.4 is 10.6 Å². The Balaban J connectivity index is 1.94. The van der Waals surface area contributed by atoms with Crippen molar-refractivity contribution in [2.45, 2.75) is 39.0 Å². The summed E-state index contributed by atoms with van der Waals surface area (Å²) in [4.78, 5) is 6.87. The van der Waals surface area contributed by atoms with Gasteiger partial charge in [-0.25, -0.2) is 0 Å². The smallest absolute Gasteiger partial charge is 0.190 e. The van der Waals surface area contributed by atoms with Crippen LogP contribution in [-0.2, 0) is 9.47 Å². The second kappa shape index (κ2) is 14.5. The van der Waals surface area contributed by atoms with Crippen molar-refractivity contribution in [2.24, 2.45) is 10.9 Å². The molecule has 6 nitrogen and oxygen atoms in total. The number of unbranched alkanes of at least 4 members (excludes halogenated alkanes) is 1. The molecule has 1 atom stereocenters. The molecule has 0 aromatic rings. The van der Waals surface area contributed by atoms with Gasteiger partial charge in [-0.15, -0.1) is 0 Å². The minimum atomic E-state index is 0.660. The third-order valence-corrected chi connectivity index (χ3v) is 4.35. The molecule has 1 aliphatic rings. The summed E-state index contributed by atoms with van der Waals surface area (Å²) in [5, 5.41) is 6.71. The molecule has 1 heterocycles. The molecule has 1 aliphatic heterocycles. The van der Waals surface area contributed by atoms with Crippen molar-refractivity contribution < 1.29 is 9.47 Å². The van der Waals surface area contributed by atoms with E-state index in [1.165, 1.54) is 45.3 Å². The van der Waals surface area contributed by atoms with Crippen LogP contribution in [0.25, 0.3) is 0 Å². The van der Waals surface area contributed by atoms with E-state index in [0.717, 1.165) is 38.0 Å². The van der Waals surface area contributed by atoms with Gasteiger partial charge in [0.1, 0.15) is 0 Å². The second-order valence-corrected chi connectivity index (χ2v) is 6.64. The van der Waals surface area contributed by atoms with Crippen LogP contribution in [0.4, 0.5) is 0 Å². The first-order valence-corrected chi connectivity index (χ1v) is 9.49. The van der Waals surface area contributed by atoms with Gasteiger partial charge in [-0.3, -0.25) is 4.99 Å². The Morgan fingerprint density at radius 1 is 1.12 bits per heavy atom. The Hall–Kier alpha value is -0.850. The second-order valence-electron chi connectivity index (χ2n) is 6.64. The van der Waals surface area contributed by atoms with E-state index in [4.69, 9.17) is 9.47 Å². The van der Waals surface area contributed by atoms with E-state index in [1.807, 2.05) is 7.05 Å². The summed E-state index contributed by atoms with van der Waals surface area (Å²) in [7, 11) is 3.51. The van der Waals surface area contributed by atoms with Crippen LogP contribution in [0.2, 0.25) is 0 Å². The molecule has 1 fully saturated rings. The highest BCUT2D eigenvalue weighted by Crippen LogP contribution is 2.15. The normalized spacial score (nSPS) is 19.5. The van der Waals surface area contributed by atoms with Gasteiger partial charge < -0.3 is 25.0 Å². The molecule has 24 heavy (non-hydrogen) atoms. The lowest BCUT2D eigenvalue weighted by Gasteiger charge is -2.30. The van der Waals surface area contributed by atoms with Crippen LogP contribution >= 0.6 is 0 Å². The zero-order chi connectivity index (χ0) is 17.5. The van der Waals surface area contributed by atoms with E-state index in [-0.39, 0.29) is 0 Å². The van der Waals surface area contributed by atoms with Gasteiger partial charge in [0.25, 0.3) is 0 Å². The molecule has 0 bridgehead atoms. The molecular weight excluding hydrogens is 304 g/mol. The Morgan fingerprint density at radius 2 is 1.92 bits per heavy atom. The Bertz CT molecular complexity index is 326. The molecule has 142 valence electrons. The molecule has 6 heteroatoms. The highest BCUT2D eigenvalue weighted by atomic mass is 16.5. The average molecular weight is 343 g/mol. The van der Waals surface area contributed by atoms with Crippen LogP contribution in [0.1, 0.15) is 39.0 Å². The predicted molar refractivity (Wildman–Crippen MR) is 101 cm³/mol. The molecule has 0 aliphatic carbocycles. The summed E-state index contributed by atoms with van der Waals surface area (Å²) in [5.41, 5.74) is 0. The van der Waals surface area contributed by atoms with Crippen molar-refractivity contribution >= 4 is 5.96 Å². The van der Waals surface area contributed by atoms with Crippen LogP contribution in [0.15, 0.2) is 4.99 Å². The summed E-state index contributed by atoms with van der Waals surface area (Å²) in [6.07, 6.45) is 6.18. The summed E-state index contributed by atoms with van der Waals surface area (Å²) >= 11 is 0. The van der Waals surface area contributed by atoms with E-state index in [0.29, 0.717) is 13.2 Å². The minimum absolute atomic E-state index is 0.660. The van der Waals surface area contributed by atoms with Gasteiger partial charge in [0.05, 0.1) is 13.2 Å². The van der Waals surface area contributed by atoms with Crippen molar-refractivity contribution in [1.82, 2.24) is 15.5 Å². The fourth-order valence-corrected chi connectivity index (χ4v) is 3.00. The highest BCUT2D eigenvalue weighted by molar-refractivity contribution is 5.79. The third kappa shape index (κ3) is 10.8. The summed E-state index contributed by atoms with van der Waals surface area (Å²) in [6.45, 7) is 10.1. The number of methoxy groups -OCH3 is 1. The summed E-state index contributed by atoms with van der Waals surface area (Å²) in [6, 6.07) is 0. The number of aliphatic imine (C=N–C) groups is 1. The highest BCUT2D eigenvalue weighted by Gasteiger charge is 2.15. The maximum Gasteiger partial charge on any atom is 0.190 e. The van der Waals surface area contributed by atoms with Crippen LogP contribution in [-0.4, -0.2) is 77.6 Å². The molecule has 0 saturated carbocycles. The quantitative estimate of drug-likeness (QED) is 0.321. The Morgan fingerprint density at radius 3 is 2.62 bits per heavy atom. The fourth-order valence-electron chi connectivity index (χ4n) is 3.00. The maximum absolute atomic E-state index is 5.44. The van der Waals surface area contributed by atoms with Gasteiger partial charge >= 0.3 is 0 Å². The summed E-state index contributed by atoms with van der Waals surface area (Å²) in [5.74, 6) is 1.76. The number of nitrogens with zero attached hydrogens (tertiary/aromatic N) is 2. The van der Waals surface area contributed by atoms with Gasteiger partial charge in [0.15, 0.2) is 5.96 Å². The number of hydrogen-bond acceptors (Lipinski definition) is 4. The molecule has 1 saturated heterocycles. The molecule has 0 aromatic carbocycles. The van der Waals surface area contributed by atoms with E-state index >= 15 is 0 Å². The number of piperidine rings is 1. The Labute approximate surface area is 148 Å². The first kappa shape index (κ1) is 21.2. The van der Waals surface area contributed by atoms with Crippen LogP contribution in [0, 0.1) is 5.92 Å². The van der Waals surface area contributed by atoms with Gasteiger partial charge in [-0.1, -0.05) is 6.92 Å². The van der Waals surface area contributed by atoms with Crippen LogP contribution in [0.5, 0.6) is 0 Å². The van der Waals surface area contributed by atoms with E-state index in [2.05, 4.69) is 27.4 Å². The topological polar surface area (TPSA) is 58.1 Å². The molecule has 0 spiro atoms. The Kier molecular flexibility index (Phi) is 12.8. The maximum atomic E-state index is 5.44. The zero-order valence-electron chi connectivity index (χ0n) is 16.0. The van der Waals surface area contributed by atoms with Gasteiger partial charge in [-0.05, 0) is 51.1 Å². The molecule has 0 radical (unpaired) electrons. The lowest BCUT2D eigenvalue weighted by atomic mass is 10.0. The van der Waals surface area contributed by atoms with Crippen molar-refractivity contribution in [3.63, 3.8) is 0 Å². The molecule has 1 rings (SSSR count). The van der Waals surface area contributed by atoms with E-state index in [1.54, 1.807) is 7.11 Å². The largest absolute Gasteiger partial charge is 0.382 e. The average Bonchev–Trinajstić information content (AvgIpc) is 2.59. The van der Waals surface area contributed by atoms with E-state index in [9.17, 15) is 0 Å². The lowest BCUT2D eigenvalue weighted by molar-refractivity contribution is 0.0698. The number of hydrogen-bond donors (Lipinski definition) is 2.